The normalized spacial score (nSPS) is 20.8. The van der Waals surface area contributed by atoms with Crippen molar-refractivity contribution in [1.29, 1.82) is 0 Å². The smallest absolute Gasteiger partial charge is 0.260 e. The average Bonchev–Trinajstić information content (AvgIpc) is 4.17. The van der Waals surface area contributed by atoms with Crippen LogP contribution in [0, 0.1) is 25.2 Å². The van der Waals surface area contributed by atoms with Crippen LogP contribution >= 0.6 is 34.7 Å². The van der Waals surface area contributed by atoms with E-state index < -0.39 is 35.8 Å². The van der Waals surface area contributed by atoms with Gasteiger partial charge in [0.2, 0.25) is 11.8 Å². The molecule has 408 valence electrons. The molecule has 8 heterocycles. The van der Waals surface area contributed by atoms with E-state index in [1.54, 1.807) is 47.8 Å². The number of rotatable bonds is 17. The Morgan fingerprint density at radius 2 is 1.66 bits per heavy atom. The molecule has 0 radical (unpaired) electrons. The van der Waals surface area contributed by atoms with Crippen LogP contribution in [-0.2, 0) is 21.0 Å². The van der Waals surface area contributed by atoms with Crippen LogP contribution in [0.25, 0.3) is 10.4 Å². The molecule has 0 spiro atoms. The summed E-state index contributed by atoms with van der Waals surface area (Å²) < 4.78 is 18.3. The van der Waals surface area contributed by atoms with Gasteiger partial charge in [-0.05, 0) is 68.2 Å². The Morgan fingerprint density at radius 1 is 0.961 bits per heavy atom. The number of aliphatic hydroxyl groups is 2. The van der Waals surface area contributed by atoms with Gasteiger partial charge in [0.15, 0.2) is 11.5 Å². The number of piperazine rings is 1. The number of β-amino-alcohol motifs (C(OH)–C–C–N with tert-alkyl or cyclic N) is 1. The van der Waals surface area contributed by atoms with E-state index in [4.69, 9.17) is 27.3 Å². The van der Waals surface area contributed by atoms with E-state index in [-0.39, 0.29) is 68.7 Å². The van der Waals surface area contributed by atoms with Crippen molar-refractivity contribution in [3.63, 3.8) is 0 Å². The molecule has 4 aliphatic heterocycles. The van der Waals surface area contributed by atoms with Crippen LogP contribution in [0.1, 0.15) is 94.0 Å². The summed E-state index contributed by atoms with van der Waals surface area (Å²) in [6.07, 6.45) is 6.64. The number of anilines is 2. The predicted octanol–water partition coefficient (Wildman–Crippen LogP) is 5.62. The SMILES string of the molecule is Cc1cn([C@H](C(=O)N2C[C@H](O)C[C@H]2C(=O)N[C@@H](CCN2CCN(C(=O)C3(F)CCN(c4nccc(Sc5cnc(N6CCC(C)(CN)CC6)c(CO)n5)c4Cl)CC3)CC2)c2ccc(-c3scnc3C)cc2)C(C)C)nn1. The number of nitrogens with one attached hydrogen (secondary N) is 1. The summed E-state index contributed by atoms with van der Waals surface area (Å²) in [5.74, 6) is -0.151. The second-order valence-electron chi connectivity index (χ2n) is 21.4. The number of thiazole rings is 1. The van der Waals surface area contributed by atoms with E-state index >= 15 is 4.39 Å². The fourth-order valence-corrected chi connectivity index (χ4v) is 12.8. The molecule has 3 amide bonds. The molecule has 5 aromatic rings. The highest BCUT2D eigenvalue weighted by Gasteiger charge is 2.46. The number of hydrogen-bond donors (Lipinski definition) is 4. The van der Waals surface area contributed by atoms with Gasteiger partial charge < -0.3 is 40.9 Å². The topological polar surface area (TPSA) is 228 Å². The molecule has 4 saturated heterocycles. The minimum absolute atomic E-state index is 0.0167. The van der Waals surface area contributed by atoms with Gasteiger partial charge in [-0.15, -0.1) is 16.4 Å². The third-order valence-electron chi connectivity index (χ3n) is 15.7. The lowest BCUT2D eigenvalue weighted by Crippen LogP contribution is -2.57. The first-order valence-electron chi connectivity index (χ1n) is 26.3. The molecule has 4 aliphatic rings. The average molecular weight is 1100 g/mol. The van der Waals surface area contributed by atoms with Gasteiger partial charge >= 0.3 is 0 Å². The summed E-state index contributed by atoms with van der Waals surface area (Å²) in [5.41, 5.74) is 9.89. The number of likely N-dealkylation sites (tertiary alicyclic amines) is 1. The molecule has 19 nitrogen and oxygen atoms in total. The Hall–Kier alpha value is -5.36. The van der Waals surface area contributed by atoms with Gasteiger partial charge in [0.25, 0.3) is 5.91 Å². The molecule has 0 aliphatic carbocycles. The number of nitrogens with zero attached hydrogens (tertiary/aromatic N) is 12. The van der Waals surface area contributed by atoms with Crippen molar-refractivity contribution >= 4 is 64.1 Å². The van der Waals surface area contributed by atoms with Crippen LogP contribution < -0.4 is 20.9 Å². The number of benzene rings is 1. The van der Waals surface area contributed by atoms with Crippen LogP contribution in [0.2, 0.25) is 5.02 Å². The van der Waals surface area contributed by atoms with Gasteiger partial charge in [-0.1, -0.05) is 73.6 Å². The molecule has 5 N–H and O–H groups in total. The number of aryl methyl sites for hydroxylation is 2. The third-order valence-corrected chi connectivity index (χ3v) is 18.1. The van der Waals surface area contributed by atoms with E-state index in [9.17, 15) is 24.6 Å². The fraction of sp³-hybridized carbons (Fsp3) is 0.566. The number of carbonyl (C=O) groups is 3. The maximum atomic E-state index is 16.8. The van der Waals surface area contributed by atoms with Crippen molar-refractivity contribution in [2.75, 3.05) is 81.8 Å². The highest BCUT2D eigenvalue weighted by molar-refractivity contribution is 7.99. The highest BCUT2D eigenvalue weighted by atomic mass is 35.5. The standard InChI is InChI=1S/C53H70ClFN14O5S2/c1-33(2)45(69-28-34(3)62-63-69)50(73)68-29-38(71)26-41(68)49(72)61-39(36-6-8-37(9-7-36)46-35(4)59-32-75-46)11-17-64-22-24-67(25-23-64)51(74)53(55)14-20-66(21-15-53)48-44(54)42(10-16-57-48)76-43-27-58-47(40(30-70)60-43)65-18-12-52(5,31-56)13-19-65/h6-10,16,27-28,32-33,38-39,41,45,70-71H,11-15,17-26,29-31,56H2,1-5H3,(H,61,72)/t38-,39+,41+,45+/m1/s1. The van der Waals surface area contributed by atoms with Crippen molar-refractivity contribution in [2.24, 2.45) is 17.1 Å². The van der Waals surface area contributed by atoms with E-state index in [0.29, 0.717) is 83.7 Å². The summed E-state index contributed by atoms with van der Waals surface area (Å²) in [6, 6.07) is 7.81. The van der Waals surface area contributed by atoms with E-state index in [1.165, 1.54) is 21.3 Å². The van der Waals surface area contributed by atoms with Gasteiger partial charge in [0.1, 0.15) is 28.6 Å². The number of piperidine rings is 2. The lowest BCUT2D eigenvalue weighted by atomic mass is 9.80. The summed E-state index contributed by atoms with van der Waals surface area (Å²) in [4.78, 5) is 72.2. The number of hydrogen-bond acceptors (Lipinski definition) is 17. The molecule has 4 aromatic heterocycles. The monoisotopic (exact) mass is 1100 g/mol. The lowest BCUT2D eigenvalue weighted by Gasteiger charge is -2.41. The molecule has 0 unspecified atom stereocenters. The molecule has 23 heteroatoms. The highest BCUT2D eigenvalue weighted by Crippen LogP contribution is 2.41. The summed E-state index contributed by atoms with van der Waals surface area (Å²) >= 11 is 9.87. The van der Waals surface area contributed by atoms with Crippen LogP contribution in [-0.4, -0.2) is 167 Å². The van der Waals surface area contributed by atoms with Crippen molar-refractivity contribution in [1.82, 2.24) is 54.9 Å². The molecular weight excluding hydrogens is 1030 g/mol. The van der Waals surface area contributed by atoms with Gasteiger partial charge in [0, 0.05) is 102 Å². The van der Waals surface area contributed by atoms with Gasteiger partial charge in [0.05, 0.1) is 51.7 Å². The Morgan fingerprint density at radius 3 is 2.29 bits per heavy atom. The fourth-order valence-electron chi connectivity index (χ4n) is 10.9. The Bertz CT molecular complexity index is 2830. The molecular formula is C53H70ClFN14O5S2. The summed E-state index contributed by atoms with van der Waals surface area (Å²) in [5, 5.41) is 33.6. The predicted molar refractivity (Wildman–Crippen MR) is 291 cm³/mol. The minimum Gasteiger partial charge on any atom is -0.391 e. The molecule has 4 fully saturated rings. The van der Waals surface area contributed by atoms with Crippen LogP contribution in [0.3, 0.4) is 0 Å². The molecule has 76 heavy (non-hydrogen) atoms. The Balaban J connectivity index is 0.805. The zero-order chi connectivity index (χ0) is 53.9. The number of aromatic nitrogens is 7. The quantitative estimate of drug-likeness (QED) is 0.0886. The van der Waals surface area contributed by atoms with Crippen molar-refractivity contribution in [2.45, 2.75) is 120 Å². The summed E-state index contributed by atoms with van der Waals surface area (Å²) in [6.45, 7) is 14.6. The summed E-state index contributed by atoms with van der Waals surface area (Å²) in [7, 11) is 0. The van der Waals surface area contributed by atoms with Gasteiger partial charge in [-0.25, -0.2) is 29.0 Å². The minimum atomic E-state index is -2.04. The number of aliphatic hydroxyl groups excluding tert-OH is 2. The van der Waals surface area contributed by atoms with Crippen molar-refractivity contribution in [3.05, 3.63) is 82.1 Å². The maximum absolute atomic E-state index is 16.8. The van der Waals surface area contributed by atoms with Gasteiger partial charge in [-0.2, -0.15) is 0 Å². The van der Waals surface area contributed by atoms with Crippen LogP contribution in [0.4, 0.5) is 16.0 Å². The van der Waals surface area contributed by atoms with Crippen molar-refractivity contribution < 1.29 is 29.0 Å². The Kier molecular flexibility index (Phi) is 17.3. The maximum Gasteiger partial charge on any atom is 0.260 e. The van der Waals surface area contributed by atoms with Crippen molar-refractivity contribution in [3.8, 4) is 10.4 Å². The first-order valence-corrected chi connectivity index (χ1v) is 28.4. The molecule has 0 saturated carbocycles. The number of pyridine rings is 1. The molecule has 9 rings (SSSR count). The second kappa shape index (κ2) is 23.7. The zero-order valence-electron chi connectivity index (χ0n) is 43.9. The van der Waals surface area contributed by atoms with E-state index in [2.05, 4.69) is 42.3 Å². The number of alkyl halides is 1. The number of nitrogens with two attached hydrogens (primary N) is 1. The number of halogens is 2. The van der Waals surface area contributed by atoms with Crippen LogP contribution in [0.5, 0.6) is 0 Å². The largest absolute Gasteiger partial charge is 0.391 e. The van der Waals surface area contributed by atoms with E-state index in [0.717, 1.165) is 47.6 Å². The molecule has 4 atom stereocenters. The first kappa shape index (κ1) is 55.4. The van der Waals surface area contributed by atoms with Crippen LogP contribution in [0.15, 0.2) is 64.4 Å². The number of carbonyl (C=O) groups excluding carboxylic acids is 3. The first-order chi connectivity index (χ1) is 36.5. The van der Waals surface area contributed by atoms with Gasteiger partial charge in [-0.3, -0.25) is 19.3 Å². The Labute approximate surface area is 456 Å². The zero-order valence-corrected chi connectivity index (χ0v) is 46.3. The molecule has 0 bridgehead atoms. The third kappa shape index (κ3) is 12.2. The second-order valence-corrected chi connectivity index (χ2v) is 23.7. The number of amides is 3. The van der Waals surface area contributed by atoms with E-state index in [1.807, 2.05) is 55.4 Å². The molecule has 1 aromatic carbocycles. The lowest BCUT2D eigenvalue weighted by molar-refractivity contribution is -0.147.